The highest BCUT2D eigenvalue weighted by atomic mass is 19.3. The first-order chi connectivity index (χ1) is 4.12. The van der Waals surface area contributed by atoms with Crippen LogP contribution in [-0.2, 0) is 0 Å². The number of hydrogen-bond acceptors (Lipinski definition) is 0. The summed E-state index contributed by atoms with van der Waals surface area (Å²) in [4.78, 5) is 0. The van der Waals surface area contributed by atoms with E-state index in [1.165, 1.54) is 6.92 Å². The molecule has 0 spiro atoms. The van der Waals surface area contributed by atoms with Crippen LogP contribution in [0.4, 0.5) is 8.78 Å². The Balaban J connectivity index is 3.48. The lowest BCUT2D eigenvalue weighted by Crippen LogP contribution is -2.12. The van der Waals surface area contributed by atoms with Crippen molar-refractivity contribution < 1.29 is 8.78 Å². The van der Waals surface area contributed by atoms with Crippen molar-refractivity contribution in [2.45, 2.75) is 32.1 Å². The van der Waals surface area contributed by atoms with Crippen LogP contribution < -0.4 is 0 Å². The normalized spacial score (nSPS) is 10.9. The number of hydrogen-bond donors (Lipinski definition) is 0. The Morgan fingerprint density at radius 1 is 1.56 bits per heavy atom. The lowest BCUT2D eigenvalue weighted by Gasteiger charge is -2.10. The molecule has 0 aliphatic rings. The third-order valence-electron chi connectivity index (χ3n) is 1.15. The van der Waals surface area contributed by atoms with Crippen LogP contribution in [0, 0.1) is 12.3 Å². The molecule has 0 aromatic rings. The van der Waals surface area contributed by atoms with Gasteiger partial charge in [-0.1, -0.05) is 6.92 Å². The van der Waals surface area contributed by atoms with Gasteiger partial charge in [-0.05, 0) is 0 Å². The molecule has 0 amide bonds. The van der Waals surface area contributed by atoms with Crippen molar-refractivity contribution in [3.63, 3.8) is 0 Å². The fourth-order valence-corrected chi connectivity index (χ4v) is 0.432. The van der Waals surface area contributed by atoms with Crippen LogP contribution in [0.3, 0.4) is 0 Å². The number of rotatable bonds is 3. The van der Waals surface area contributed by atoms with E-state index < -0.39 is 5.92 Å². The van der Waals surface area contributed by atoms with Gasteiger partial charge in [-0.3, -0.25) is 0 Å². The average molecular weight is 132 g/mol. The van der Waals surface area contributed by atoms with Crippen molar-refractivity contribution >= 4 is 0 Å². The van der Waals surface area contributed by atoms with Crippen LogP contribution in [0.2, 0.25) is 0 Å². The maximum absolute atomic E-state index is 12.2. The first kappa shape index (κ1) is 8.42. The minimum atomic E-state index is -2.55. The van der Waals surface area contributed by atoms with Gasteiger partial charge >= 0.3 is 0 Å². The van der Waals surface area contributed by atoms with Gasteiger partial charge in [0.15, 0.2) is 0 Å². The van der Waals surface area contributed by atoms with Gasteiger partial charge in [0.05, 0.1) is 0 Å². The smallest absolute Gasteiger partial charge is 0.207 e. The highest BCUT2D eigenvalue weighted by Crippen LogP contribution is 2.23. The zero-order valence-corrected chi connectivity index (χ0v) is 5.45. The first-order valence-electron chi connectivity index (χ1n) is 2.93. The van der Waals surface area contributed by atoms with Crippen LogP contribution >= 0.6 is 0 Å². The summed E-state index contributed by atoms with van der Waals surface area (Å²) in [5.74, 6) is -0.371. The van der Waals surface area contributed by atoms with Gasteiger partial charge in [0.25, 0.3) is 0 Å². The summed E-state index contributed by atoms with van der Waals surface area (Å²) in [7, 11) is 0. The van der Waals surface area contributed by atoms with E-state index in [4.69, 9.17) is 6.42 Å². The topological polar surface area (TPSA) is 0 Å². The van der Waals surface area contributed by atoms with E-state index >= 15 is 0 Å². The summed E-state index contributed by atoms with van der Waals surface area (Å²) in [5, 5.41) is 0. The van der Waals surface area contributed by atoms with Crippen molar-refractivity contribution in [2.24, 2.45) is 0 Å². The molecule has 0 bridgehead atoms. The Morgan fingerprint density at radius 2 is 2.11 bits per heavy atom. The van der Waals surface area contributed by atoms with Gasteiger partial charge in [0.2, 0.25) is 5.92 Å². The summed E-state index contributed by atoms with van der Waals surface area (Å²) >= 11 is 0. The van der Waals surface area contributed by atoms with Gasteiger partial charge < -0.3 is 0 Å². The van der Waals surface area contributed by atoms with Gasteiger partial charge in [-0.25, -0.2) is 8.78 Å². The maximum Gasteiger partial charge on any atom is 0.248 e. The Hall–Kier alpha value is -0.580. The Kier molecular flexibility index (Phi) is 3.22. The van der Waals surface area contributed by atoms with E-state index in [0.29, 0.717) is 0 Å². The van der Waals surface area contributed by atoms with Crippen LogP contribution in [0.1, 0.15) is 26.2 Å². The first-order valence-corrected chi connectivity index (χ1v) is 2.93. The van der Waals surface area contributed by atoms with Crippen molar-refractivity contribution in [1.29, 1.82) is 0 Å². The van der Waals surface area contributed by atoms with Crippen molar-refractivity contribution in [2.75, 3.05) is 0 Å². The van der Waals surface area contributed by atoms with E-state index in [9.17, 15) is 8.78 Å². The molecule has 0 unspecified atom stereocenters. The van der Waals surface area contributed by atoms with Crippen molar-refractivity contribution in [1.82, 2.24) is 0 Å². The van der Waals surface area contributed by atoms with Gasteiger partial charge in [0, 0.05) is 19.3 Å². The highest BCUT2D eigenvalue weighted by Gasteiger charge is 2.24. The van der Waals surface area contributed by atoms with E-state index in [1.807, 2.05) is 0 Å². The van der Waals surface area contributed by atoms with E-state index in [2.05, 4.69) is 5.92 Å². The molecule has 0 aromatic carbocycles. The number of terminal acetylenes is 1. The molecule has 0 aliphatic heterocycles. The Bertz CT molecular complexity index is 111. The second-order valence-corrected chi connectivity index (χ2v) is 1.91. The molecule has 0 rings (SSSR count). The highest BCUT2D eigenvalue weighted by molar-refractivity contribution is 4.85. The second kappa shape index (κ2) is 3.45. The second-order valence-electron chi connectivity index (χ2n) is 1.91. The molecule has 0 nitrogen and oxygen atoms in total. The lowest BCUT2D eigenvalue weighted by atomic mass is 10.1. The monoisotopic (exact) mass is 132 g/mol. The molecule has 0 aliphatic carbocycles. The molecule has 2 heteroatoms. The Morgan fingerprint density at radius 3 is 2.44 bits per heavy atom. The average Bonchev–Trinajstić information content (AvgIpc) is 1.84. The van der Waals surface area contributed by atoms with Crippen LogP contribution in [-0.4, -0.2) is 5.92 Å². The molecule has 0 fully saturated rings. The molecule has 52 valence electrons. The summed E-state index contributed by atoms with van der Waals surface area (Å²) in [5.41, 5.74) is 0. The molecule has 0 heterocycles. The zero-order chi connectivity index (χ0) is 7.33. The molecule has 0 N–H and O–H groups in total. The van der Waals surface area contributed by atoms with Gasteiger partial charge in [-0.2, -0.15) is 0 Å². The number of alkyl halides is 2. The van der Waals surface area contributed by atoms with Crippen molar-refractivity contribution in [3.8, 4) is 12.3 Å². The zero-order valence-electron chi connectivity index (χ0n) is 5.45. The summed E-state index contributed by atoms with van der Waals surface area (Å²) in [6.07, 6.45) is 4.68. The SMILES string of the molecule is C#CCCC(F)(F)CC. The predicted octanol–water partition coefficient (Wildman–Crippen LogP) is 2.45. The molecular weight excluding hydrogens is 122 g/mol. The summed E-state index contributed by atoms with van der Waals surface area (Å²) in [6, 6.07) is 0. The van der Waals surface area contributed by atoms with Crippen LogP contribution in [0.25, 0.3) is 0 Å². The van der Waals surface area contributed by atoms with Gasteiger partial charge in [0.1, 0.15) is 0 Å². The quantitative estimate of drug-likeness (QED) is 0.517. The minimum Gasteiger partial charge on any atom is -0.207 e. The van der Waals surface area contributed by atoms with E-state index in [1.54, 1.807) is 0 Å². The summed E-state index contributed by atoms with van der Waals surface area (Å²) in [6.45, 7) is 1.45. The third kappa shape index (κ3) is 3.96. The lowest BCUT2D eigenvalue weighted by molar-refractivity contribution is -0.00982. The molecule has 0 saturated heterocycles. The molecule has 0 saturated carbocycles. The molecule has 0 radical (unpaired) electrons. The minimum absolute atomic E-state index is 0.116. The van der Waals surface area contributed by atoms with Crippen LogP contribution in [0.5, 0.6) is 0 Å². The molecule has 0 atom stereocenters. The van der Waals surface area contributed by atoms with Crippen LogP contribution in [0.15, 0.2) is 0 Å². The maximum atomic E-state index is 12.2. The standard InChI is InChI=1S/C7H10F2/c1-3-5-6-7(8,9)4-2/h1H,4-6H2,2H3. The van der Waals surface area contributed by atoms with E-state index in [0.717, 1.165) is 0 Å². The third-order valence-corrected chi connectivity index (χ3v) is 1.15. The van der Waals surface area contributed by atoms with E-state index in [-0.39, 0.29) is 19.3 Å². The molecule has 9 heavy (non-hydrogen) atoms. The largest absolute Gasteiger partial charge is 0.248 e. The van der Waals surface area contributed by atoms with Crippen molar-refractivity contribution in [3.05, 3.63) is 0 Å². The molecule has 0 aromatic heterocycles. The fourth-order valence-electron chi connectivity index (χ4n) is 0.432. The van der Waals surface area contributed by atoms with Gasteiger partial charge in [-0.15, -0.1) is 12.3 Å². The predicted molar refractivity (Wildman–Crippen MR) is 33.3 cm³/mol. The fraction of sp³-hybridized carbons (Fsp3) is 0.714. The Labute approximate surface area is 54.3 Å². The number of halogens is 2. The molecular formula is C7H10F2. The summed E-state index contributed by atoms with van der Waals surface area (Å²) < 4.78 is 24.5.